The van der Waals surface area contributed by atoms with Gasteiger partial charge in [-0.1, -0.05) is 0 Å². The van der Waals surface area contributed by atoms with Crippen molar-refractivity contribution in [2.24, 2.45) is 0 Å². The van der Waals surface area contributed by atoms with Gasteiger partial charge in [0, 0.05) is 58.9 Å². The fourth-order valence-electron chi connectivity index (χ4n) is 4.32. The van der Waals surface area contributed by atoms with Crippen molar-refractivity contribution in [3.05, 3.63) is 0 Å². The van der Waals surface area contributed by atoms with Gasteiger partial charge in [-0.25, -0.2) is 0 Å². The molecule has 0 bridgehead atoms. The Bertz CT molecular complexity index is 800. The third kappa shape index (κ3) is 11.6. The first-order valence-corrected chi connectivity index (χ1v) is 12.9. The van der Waals surface area contributed by atoms with E-state index >= 15 is 0 Å². The van der Waals surface area contributed by atoms with E-state index in [1.165, 1.54) is 14.7 Å². The number of carboxylic acid groups (broad SMARTS) is 3. The number of aliphatic hydroxyl groups is 4. The molecule has 0 aromatic rings. The Labute approximate surface area is 232 Å². The second kappa shape index (κ2) is 18.8. The van der Waals surface area contributed by atoms with Gasteiger partial charge in [-0.05, 0) is 0 Å². The summed E-state index contributed by atoms with van der Waals surface area (Å²) in [5.41, 5.74) is -2.10. The summed E-state index contributed by atoms with van der Waals surface area (Å²) in [5, 5.41) is 69.9. The zero-order valence-electron chi connectivity index (χ0n) is 22.6. The van der Waals surface area contributed by atoms with Crippen molar-refractivity contribution >= 4 is 23.8 Å². The normalized spacial score (nSPS) is 18.4. The number of amides is 1. The SMILES string of the molecule is O=C(O)CN1CCN(CC(=O)NCCOCCO)CCN(C(CO)C(=O)O)CCN(C(CO)(CO)C(=O)O)CC1. The molecule has 232 valence electrons. The van der Waals surface area contributed by atoms with Gasteiger partial charge in [0.25, 0.3) is 0 Å². The van der Waals surface area contributed by atoms with E-state index in [4.69, 9.17) is 9.84 Å². The summed E-state index contributed by atoms with van der Waals surface area (Å²) in [6, 6.07) is -1.34. The van der Waals surface area contributed by atoms with Crippen molar-refractivity contribution in [3.63, 3.8) is 0 Å². The summed E-state index contributed by atoms with van der Waals surface area (Å²) in [7, 11) is 0. The molecular formula is C23H43N5O12. The minimum Gasteiger partial charge on any atom is -0.480 e. The number of hydrogen-bond donors (Lipinski definition) is 8. The Hall–Kier alpha value is -2.48. The molecule has 8 N–H and O–H groups in total. The minimum atomic E-state index is -2.10. The number of carboxylic acids is 3. The molecule has 1 heterocycles. The quantitative estimate of drug-likeness (QED) is 0.0793. The monoisotopic (exact) mass is 581 g/mol. The average molecular weight is 582 g/mol. The summed E-state index contributed by atoms with van der Waals surface area (Å²) in [6.45, 7) is -2.41. The van der Waals surface area contributed by atoms with Crippen LogP contribution in [0.2, 0.25) is 0 Å². The third-order valence-corrected chi connectivity index (χ3v) is 6.73. The lowest BCUT2D eigenvalue weighted by molar-refractivity contribution is -0.160. The third-order valence-electron chi connectivity index (χ3n) is 6.73. The number of ether oxygens (including phenoxy) is 1. The van der Waals surface area contributed by atoms with Crippen molar-refractivity contribution in [2.75, 3.05) is 112 Å². The molecule has 1 unspecified atom stereocenters. The highest BCUT2D eigenvalue weighted by atomic mass is 16.5. The van der Waals surface area contributed by atoms with Crippen LogP contribution in [-0.2, 0) is 23.9 Å². The summed E-state index contributed by atoms with van der Waals surface area (Å²) < 4.78 is 5.11. The molecule has 40 heavy (non-hydrogen) atoms. The Balaban J connectivity index is 3.20. The van der Waals surface area contributed by atoms with E-state index < -0.39 is 49.3 Å². The van der Waals surface area contributed by atoms with Crippen LogP contribution in [0.5, 0.6) is 0 Å². The van der Waals surface area contributed by atoms with Crippen molar-refractivity contribution in [1.29, 1.82) is 0 Å². The Kier molecular flexibility index (Phi) is 16.7. The molecule has 0 saturated carbocycles. The highest BCUT2D eigenvalue weighted by Crippen LogP contribution is 2.17. The number of nitrogens with zero attached hydrogens (tertiary/aromatic N) is 4. The lowest BCUT2D eigenvalue weighted by Gasteiger charge is -2.41. The largest absolute Gasteiger partial charge is 0.480 e. The Morgan fingerprint density at radius 1 is 0.775 bits per heavy atom. The second-order valence-corrected chi connectivity index (χ2v) is 9.34. The Morgan fingerprint density at radius 3 is 1.85 bits per heavy atom. The van der Waals surface area contributed by atoms with Crippen LogP contribution in [0.4, 0.5) is 0 Å². The van der Waals surface area contributed by atoms with E-state index in [0.29, 0.717) is 0 Å². The first-order chi connectivity index (χ1) is 19.0. The maximum Gasteiger partial charge on any atom is 0.328 e. The van der Waals surface area contributed by atoms with Gasteiger partial charge in [-0.15, -0.1) is 0 Å². The maximum absolute atomic E-state index is 12.5. The number of aliphatic hydroxyl groups excluding tert-OH is 4. The summed E-state index contributed by atoms with van der Waals surface area (Å²) >= 11 is 0. The number of hydrogen-bond acceptors (Lipinski definition) is 13. The molecule has 1 rings (SSSR count). The standard InChI is InChI=1S/C23H43N5O12/c29-10-12-40-11-1-24-19(33)13-25-2-3-26(14-20(34)35)5-8-28(23(16-31,17-32)22(38)39)9-7-27(6-4-25)18(15-30)21(36)37/h18,29-32H,1-17H2,(H,24,33)(H,34,35)(H,36,37)(H,38,39). The number of aliphatic carboxylic acids is 3. The molecule has 17 heteroatoms. The van der Waals surface area contributed by atoms with Crippen molar-refractivity contribution in [1.82, 2.24) is 24.9 Å². The predicted octanol–water partition coefficient (Wildman–Crippen LogP) is -5.33. The summed E-state index contributed by atoms with van der Waals surface area (Å²) in [6.07, 6.45) is 0. The molecule has 1 atom stereocenters. The van der Waals surface area contributed by atoms with Gasteiger partial charge in [-0.2, -0.15) is 0 Å². The van der Waals surface area contributed by atoms with E-state index in [-0.39, 0.29) is 97.7 Å². The highest BCUT2D eigenvalue weighted by molar-refractivity contribution is 5.79. The molecule has 1 amide bonds. The van der Waals surface area contributed by atoms with Gasteiger partial charge in [0.2, 0.25) is 5.91 Å². The van der Waals surface area contributed by atoms with Crippen LogP contribution in [0, 0.1) is 0 Å². The fraction of sp³-hybridized carbons (Fsp3) is 0.826. The Morgan fingerprint density at radius 2 is 1.32 bits per heavy atom. The molecular weight excluding hydrogens is 538 g/mol. The summed E-state index contributed by atoms with van der Waals surface area (Å²) in [5.74, 6) is -4.29. The van der Waals surface area contributed by atoms with E-state index in [1.54, 1.807) is 4.90 Å². The molecule has 1 aliphatic rings. The van der Waals surface area contributed by atoms with Crippen LogP contribution in [0.3, 0.4) is 0 Å². The molecule has 0 aromatic carbocycles. The first kappa shape index (κ1) is 35.5. The smallest absolute Gasteiger partial charge is 0.328 e. The molecule has 1 fully saturated rings. The van der Waals surface area contributed by atoms with Gasteiger partial charge in [-0.3, -0.25) is 38.8 Å². The zero-order chi connectivity index (χ0) is 30.1. The number of carbonyl (C=O) groups is 4. The topological polar surface area (TPSA) is 244 Å². The van der Waals surface area contributed by atoms with Crippen LogP contribution >= 0.6 is 0 Å². The van der Waals surface area contributed by atoms with E-state index in [1.807, 2.05) is 0 Å². The fourth-order valence-corrected chi connectivity index (χ4v) is 4.32. The lowest BCUT2D eigenvalue weighted by atomic mass is 9.99. The van der Waals surface area contributed by atoms with Crippen LogP contribution in [0.1, 0.15) is 0 Å². The van der Waals surface area contributed by atoms with Crippen LogP contribution < -0.4 is 5.32 Å². The molecule has 0 radical (unpaired) electrons. The van der Waals surface area contributed by atoms with E-state index in [9.17, 15) is 49.8 Å². The van der Waals surface area contributed by atoms with Gasteiger partial charge < -0.3 is 45.8 Å². The molecule has 0 spiro atoms. The highest BCUT2D eigenvalue weighted by Gasteiger charge is 2.44. The maximum atomic E-state index is 12.5. The molecule has 0 aliphatic carbocycles. The average Bonchev–Trinajstić information content (AvgIpc) is 2.89. The van der Waals surface area contributed by atoms with Crippen LogP contribution in [0.15, 0.2) is 0 Å². The van der Waals surface area contributed by atoms with Crippen molar-refractivity contribution < 1.29 is 59.7 Å². The van der Waals surface area contributed by atoms with Gasteiger partial charge in [0.1, 0.15) is 6.04 Å². The van der Waals surface area contributed by atoms with Crippen LogP contribution in [0.25, 0.3) is 0 Å². The first-order valence-electron chi connectivity index (χ1n) is 12.9. The van der Waals surface area contributed by atoms with E-state index in [2.05, 4.69) is 5.32 Å². The molecule has 1 aliphatic heterocycles. The van der Waals surface area contributed by atoms with E-state index in [0.717, 1.165) is 0 Å². The van der Waals surface area contributed by atoms with Gasteiger partial charge in [0.15, 0.2) is 5.54 Å². The van der Waals surface area contributed by atoms with Crippen molar-refractivity contribution in [2.45, 2.75) is 11.6 Å². The van der Waals surface area contributed by atoms with Crippen LogP contribution in [-0.4, -0.2) is 202 Å². The minimum absolute atomic E-state index is 0.0337. The zero-order valence-corrected chi connectivity index (χ0v) is 22.6. The van der Waals surface area contributed by atoms with Crippen molar-refractivity contribution in [3.8, 4) is 0 Å². The summed E-state index contributed by atoms with van der Waals surface area (Å²) in [4.78, 5) is 53.9. The second-order valence-electron chi connectivity index (χ2n) is 9.34. The lowest BCUT2D eigenvalue weighted by Crippen LogP contribution is -2.63. The molecule has 1 saturated heterocycles. The molecule has 0 aromatic heterocycles. The van der Waals surface area contributed by atoms with Gasteiger partial charge in [0.05, 0.1) is 52.7 Å². The number of rotatable bonds is 16. The van der Waals surface area contributed by atoms with Gasteiger partial charge >= 0.3 is 17.9 Å². The molecule has 17 nitrogen and oxygen atoms in total. The number of carbonyl (C=O) groups excluding carboxylic acids is 1. The number of nitrogens with one attached hydrogen (secondary N) is 1. The predicted molar refractivity (Wildman–Crippen MR) is 138 cm³/mol.